The third-order valence-corrected chi connectivity index (χ3v) is 6.95. The number of amides is 2. The van der Waals surface area contributed by atoms with Gasteiger partial charge in [-0.05, 0) is 41.3 Å². The van der Waals surface area contributed by atoms with E-state index in [1.165, 1.54) is 35.2 Å². The Morgan fingerprint density at radius 2 is 2.00 bits per heavy atom. The van der Waals surface area contributed by atoms with Crippen LogP contribution < -0.4 is 9.47 Å². The van der Waals surface area contributed by atoms with E-state index in [1.807, 2.05) is 35.7 Å². The number of thiophene rings is 1. The van der Waals surface area contributed by atoms with Gasteiger partial charge in [-0.15, -0.1) is 11.3 Å². The van der Waals surface area contributed by atoms with Gasteiger partial charge in [-0.2, -0.15) is 5.10 Å². The molecule has 0 saturated heterocycles. The van der Waals surface area contributed by atoms with Gasteiger partial charge < -0.3 is 19.1 Å². The third-order valence-electron chi connectivity index (χ3n) is 6.04. The van der Waals surface area contributed by atoms with Crippen molar-refractivity contribution in [3.8, 4) is 11.5 Å². The van der Waals surface area contributed by atoms with Crippen LogP contribution in [0, 0.1) is 5.82 Å². The topological polar surface area (TPSA) is 80.7 Å². The lowest BCUT2D eigenvalue weighted by atomic mass is 10.0. The van der Waals surface area contributed by atoms with Crippen LogP contribution >= 0.6 is 11.3 Å². The number of hydrogen-bond acceptors (Lipinski definition) is 7. The number of hydrazone groups is 1. The Bertz CT molecular complexity index is 1300. The summed E-state index contributed by atoms with van der Waals surface area (Å²) in [4.78, 5) is 29.0. The Morgan fingerprint density at radius 3 is 2.78 bits per heavy atom. The Morgan fingerprint density at radius 1 is 1.17 bits per heavy atom. The van der Waals surface area contributed by atoms with Crippen molar-refractivity contribution >= 4 is 28.9 Å². The predicted octanol–water partition coefficient (Wildman–Crippen LogP) is 4.08. The van der Waals surface area contributed by atoms with Gasteiger partial charge in [0.25, 0.3) is 11.8 Å². The van der Waals surface area contributed by atoms with Crippen LogP contribution in [0.25, 0.3) is 0 Å². The fourth-order valence-corrected chi connectivity index (χ4v) is 4.93. The minimum Gasteiger partial charge on any atom is -0.454 e. The molecule has 10 heteroatoms. The first-order chi connectivity index (χ1) is 17.5. The minimum atomic E-state index is -0.644. The number of carbonyl (C=O) groups is 2. The monoisotopic (exact) mass is 509 g/mol. The summed E-state index contributed by atoms with van der Waals surface area (Å²) in [6.07, 6.45) is 0.505. The lowest BCUT2D eigenvalue weighted by Crippen LogP contribution is -2.43. The van der Waals surface area contributed by atoms with Gasteiger partial charge >= 0.3 is 0 Å². The van der Waals surface area contributed by atoms with Crippen molar-refractivity contribution < 1.29 is 28.2 Å². The second-order valence-corrected chi connectivity index (χ2v) is 9.24. The van der Waals surface area contributed by atoms with E-state index in [-0.39, 0.29) is 38.0 Å². The van der Waals surface area contributed by atoms with Crippen molar-refractivity contribution in [1.29, 1.82) is 0 Å². The molecular weight excluding hydrogens is 485 g/mol. The number of benzene rings is 2. The zero-order valence-corrected chi connectivity index (χ0v) is 20.4. The maximum absolute atomic E-state index is 14.3. The molecular formula is C26H24FN3O5S. The highest BCUT2D eigenvalue weighted by Crippen LogP contribution is 2.39. The van der Waals surface area contributed by atoms with Crippen LogP contribution in [0.15, 0.2) is 65.1 Å². The highest BCUT2D eigenvalue weighted by Gasteiger charge is 2.35. The van der Waals surface area contributed by atoms with Crippen molar-refractivity contribution in [3.63, 3.8) is 0 Å². The van der Waals surface area contributed by atoms with Gasteiger partial charge in [-0.3, -0.25) is 9.59 Å². The number of nitrogens with zero attached hydrogens (tertiary/aromatic N) is 3. The summed E-state index contributed by atoms with van der Waals surface area (Å²) in [7, 11) is 1.50. The van der Waals surface area contributed by atoms with Crippen LogP contribution in [0.3, 0.4) is 0 Å². The van der Waals surface area contributed by atoms with Crippen molar-refractivity contribution in [2.24, 2.45) is 5.10 Å². The first kappa shape index (κ1) is 24.0. The van der Waals surface area contributed by atoms with E-state index in [2.05, 4.69) is 5.10 Å². The molecule has 0 spiro atoms. The molecule has 0 N–H and O–H groups in total. The Kier molecular flexibility index (Phi) is 6.97. The molecule has 0 saturated carbocycles. The van der Waals surface area contributed by atoms with Gasteiger partial charge in [0, 0.05) is 20.1 Å². The molecule has 186 valence electrons. The van der Waals surface area contributed by atoms with Crippen LogP contribution in [0.5, 0.6) is 11.5 Å². The maximum Gasteiger partial charge on any atom is 0.262 e. The summed E-state index contributed by atoms with van der Waals surface area (Å²) in [6.45, 7) is 0.191. The molecule has 8 nitrogen and oxygen atoms in total. The molecule has 0 fully saturated rings. The largest absolute Gasteiger partial charge is 0.454 e. The van der Waals surface area contributed by atoms with Crippen LogP contribution in [0.1, 0.15) is 33.3 Å². The molecule has 36 heavy (non-hydrogen) atoms. The Balaban J connectivity index is 1.43. The summed E-state index contributed by atoms with van der Waals surface area (Å²) >= 11 is 1.54. The van der Waals surface area contributed by atoms with Crippen LogP contribution in [0.2, 0.25) is 0 Å². The number of rotatable bonds is 8. The highest BCUT2D eigenvalue weighted by atomic mass is 32.1. The van der Waals surface area contributed by atoms with Crippen LogP contribution in [-0.4, -0.2) is 61.0 Å². The Labute approximate surface area is 211 Å². The van der Waals surface area contributed by atoms with Gasteiger partial charge in [-0.1, -0.05) is 24.3 Å². The molecule has 0 unspecified atom stereocenters. The highest BCUT2D eigenvalue weighted by molar-refractivity contribution is 7.12. The predicted molar refractivity (Wildman–Crippen MR) is 132 cm³/mol. The molecule has 2 amide bonds. The van der Waals surface area contributed by atoms with Gasteiger partial charge in [0.2, 0.25) is 6.79 Å². The second-order valence-electron chi connectivity index (χ2n) is 8.29. The van der Waals surface area contributed by atoms with Gasteiger partial charge in [-0.25, -0.2) is 9.40 Å². The van der Waals surface area contributed by atoms with E-state index < -0.39 is 17.8 Å². The Hall–Kier alpha value is -3.76. The molecule has 3 aromatic rings. The summed E-state index contributed by atoms with van der Waals surface area (Å²) in [5.74, 6) is -0.351. The molecule has 0 radical (unpaired) electrons. The zero-order chi connectivity index (χ0) is 25.1. The van der Waals surface area contributed by atoms with Crippen molar-refractivity contribution in [2.45, 2.75) is 12.5 Å². The van der Waals surface area contributed by atoms with E-state index in [0.717, 1.165) is 16.2 Å². The second kappa shape index (κ2) is 10.5. The number of fused-ring (bicyclic) bond motifs is 1. The third kappa shape index (κ3) is 4.82. The summed E-state index contributed by atoms with van der Waals surface area (Å²) in [5.41, 5.74) is 1.52. The molecule has 2 aliphatic heterocycles. The number of carbonyl (C=O) groups excluding carboxylic acids is 2. The van der Waals surface area contributed by atoms with Crippen LogP contribution in [-0.2, 0) is 9.53 Å². The SMILES string of the molecule is COCCN(CC(=O)N1N=C(c2cccs2)C[C@H]1c1ccc2c(c1)OCO2)C(=O)c1ccccc1F. The number of ether oxygens (including phenoxy) is 3. The average Bonchev–Trinajstić information content (AvgIpc) is 3.66. The summed E-state index contributed by atoms with van der Waals surface area (Å²) < 4.78 is 30.4. The lowest BCUT2D eigenvalue weighted by Gasteiger charge is -2.27. The number of hydrogen-bond donors (Lipinski definition) is 0. The van der Waals surface area contributed by atoms with Gasteiger partial charge in [0.05, 0.1) is 28.8 Å². The lowest BCUT2D eigenvalue weighted by molar-refractivity contribution is -0.133. The van der Waals surface area contributed by atoms with E-state index in [1.54, 1.807) is 17.4 Å². The average molecular weight is 510 g/mol. The molecule has 0 bridgehead atoms. The van der Waals surface area contributed by atoms with Crippen molar-refractivity contribution in [3.05, 3.63) is 81.8 Å². The standard InChI is InChI=1S/C26H24FN3O5S/c1-33-11-10-29(26(32)18-5-2-3-6-19(18)27)15-25(31)30-21(14-20(28-30)24-7-4-12-36-24)17-8-9-22-23(13-17)35-16-34-22/h2-9,12-13,21H,10-11,14-16H2,1H3/t21-/m0/s1. The van der Waals surface area contributed by atoms with E-state index >= 15 is 0 Å². The summed E-state index contributed by atoms with van der Waals surface area (Å²) in [6, 6.07) is 14.8. The van der Waals surface area contributed by atoms with Crippen LogP contribution in [0.4, 0.5) is 4.39 Å². The molecule has 2 aliphatic rings. The summed E-state index contributed by atoms with van der Waals surface area (Å²) in [5, 5.41) is 8.03. The fraction of sp³-hybridized carbons (Fsp3) is 0.269. The zero-order valence-electron chi connectivity index (χ0n) is 19.6. The molecule has 3 heterocycles. The van der Waals surface area contributed by atoms with Gasteiger partial charge in [0.1, 0.15) is 12.4 Å². The van der Waals surface area contributed by atoms with Gasteiger partial charge in [0.15, 0.2) is 11.5 Å². The smallest absolute Gasteiger partial charge is 0.262 e. The normalized spacial score (nSPS) is 16.2. The first-order valence-electron chi connectivity index (χ1n) is 11.4. The van der Waals surface area contributed by atoms with E-state index in [4.69, 9.17) is 14.2 Å². The van der Waals surface area contributed by atoms with Crippen molar-refractivity contribution in [2.75, 3.05) is 33.6 Å². The fourth-order valence-electron chi connectivity index (χ4n) is 4.21. The van der Waals surface area contributed by atoms with Crippen molar-refractivity contribution in [1.82, 2.24) is 9.91 Å². The molecule has 1 atom stereocenters. The quantitative estimate of drug-likeness (QED) is 0.457. The molecule has 2 aromatic carbocycles. The number of methoxy groups -OCH3 is 1. The van der Waals surface area contributed by atoms with E-state index in [9.17, 15) is 14.0 Å². The molecule has 1 aromatic heterocycles. The first-order valence-corrected chi connectivity index (χ1v) is 12.3. The maximum atomic E-state index is 14.3. The molecule has 5 rings (SSSR count). The minimum absolute atomic E-state index is 0.0991. The van der Waals surface area contributed by atoms with E-state index in [0.29, 0.717) is 17.9 Å². The number of halogens is 1. The molecule has 0 aliphatic carbocycles.